The molecule has 0 amide bonds. The van der Waals surface area contributed by atoms with E-state index in [4.69, 9.17) is 4.98 Å². The Labute approximate surface area is 221 Å². The molecule has 192 valence electrons. The summed E-state index contributed by atoms with van der Waals surface area (Å²) in [6, 6.07) is 14.6. The number of ketones is 2. The van der Waals surface area contributed by atoms with E-state index in [1.54, 1.807) is 30.5 Å². The van der Waals surface area contributed by atoms with Crippen LogP contribution in [0.2, 0.25) is 0 Å². The van der Waals surface area contributed by atoms with Crippen molar-refractivity contribution in [3.8, 4) is 11.3 Å². The SMILES string of the molecule is Cc1cnc(Nc2ccc3c(c2)CCNC3C(=O)C=CC(=O)c2ccccc2)nc1-c1cnn(C(C)C)c1. The number of rotatable bonds is 8. The highest BCUT2D eigenvalue weighted by Crippen LogP contribution is 2.29. The van der Waals surface area contributed by atoms with Gasteiger partial charge in [0.15, 0.2) is 11.6 Å². The average Bonchev–Trinajstić information content (AvgIpc) is 3.43. The first kappa shape index (κ1) is 25.2. The fraction of sp³-hybridized carbons (Fsp3) is 0.233. The maximum absolute atomic E-state index is 13.0. The molecule has 3 heterocycles. The van der Waals surface area contributed by atoms with Crippen molar-refractivity contribution in [2.75, 3.05) is 11.9 Å². The number of allylic oxidation sites excluding steroid dienone is 1. The molecule has 0 bridgehead atoms. The van der Waals surface area contributed by atoms with Crippen LogP contribution in [0, 0.1) is 6.92 Å². The van der Waals surface area contributed by atoms with E-state index in [1.807, 2.05) is 48.3 Å². The summed E-state index contributed by atoms with van der Waals surface area (Å²) in [4.78, 5) is 34.6. The Balaban J connectivity index is 1.32. The molecule has 2 aromatic carbocycles. The third-order valence-corrected chi connectivity index (χ3v) is 6.57. The third kappa shape index (κ3) is 5.45. The first-order valence-corrected chi connectivity index (χ1v) is 12.7. The highest BCUT2D eigenvalue weighted by molar-refractivity contribution is 6.08. The van der Waals surface area contributed by atoms with Gasteiger partial charge in [0.25, 0.3) is 0 Å². The minimum atomic E-state index is -0.493. The van der Waals surface area contributed by atoms with Crippen LogP contribution in [0.15, 0.2) is 79.3 Å². The van der Waals surface area contributed by atoms with Crippen molar-refractivity contribution in [2.45, 2.75) is 39.3 Å². The van der Waals surface area contributed by atoms with E-state index in [0.717, 1.165) is 40.1 Å². The summed E-state index contributed by atoms with van der Waals surface area (Å²) in [6.45, 7) is 6.82. The molecule has 0 saturated heterocycles. The normalized spacial score (nSPS) is 15.0. The second-order valence-corrected chi connectivity index (χ2v) is 9.67. The zero-order chi connectivity index (χ0) is 26.6. The Morgan fingerprint density at radius 1 is 1.11 bits per heavy atom. The summed E-state index contributed by atoms with van der Waals surface area (Å²) in [5.41, 5.74) is 6.13. The number of fused-ring (bicyclic) bond motifs is 1. The number of nitrogens with one attached hydrogen (secondary N) is 2. The number of benzene rings is 2. The zero-order valence-corrected chi connectivity index (χ0v) is 21.7. The third-order valence-electron chi connectivity index (χ3n) is 6.57. The van der Waals surface area contributed by atoms with Gasteiger partial charge in [0.1, 0.15) is 0 Å². The van der Waals surface area contributed by atoms with Gasteiger partial charge in [0.05, 0.1) is 17.9 Å². The lowest BCUT2D eigenvalue weighted by atomic mass is 9.91. The quantitative estimate of drug-likeness (QED) is 0.251. The molecule has 0 fully saturated rings. The smallest absolute Gasteiger partial charge is 0.227 e. The molecule has 4 aromatic rings. The predicted molar refractivity (Wildman–Crippen MR) is 147 cm³/mol. The largest absolute Gasteiger partial charge is 0.324 e. The van der Waals surface area contributed by atoms with Crippen molar-refractivity contribution in [1.82, 2.24) is 25.1 Å². The molecule has 0 aliphatic carbocycles. The topological polar surface area (TPSA) is 102 Å². The van der Waals surface area contributed by atoms with Crippen LogP contribution < -0.4 is 10.6 Å². The van der Waals surface area contributed by atoms with Crippen LogP contribution in [-0.2, 0) is 11.2 Å². The van der Waals surface area contributed by atoms with Gasteiger partial charge in [0.2, 0.25) is 5.95 Å². The Hall–Kier alpha value is -4.43. The van der Waals surface area contributed by atoms with Crippen LogP contribution in [0.25, 0.3) is 11.3 Å². The Bertz CT molecular complexity index is 1510. The van der Waals surface area contributed by atoms with Gasteiger partial charge in [-0.15, -0.1) is 0 Å². The predicted octanol–water partition coefficient (Wildman–Crippen LogP) is 5.17. The monoisotopic (exact) mass is 506 g/mol. The Kier molecular flexibility index (Phi) is 7.24. The fourth-order valence-electron chi connectivity index (χ4n) is 4.52. The number of hydrogen-bond acceptors (Lipinski definition) is 7. The Morgan fingerprint density at radius 2 is 1.92 bits per heavy atom. The molecule has 1 unspecified atom stereocenters. The molecule has 38 heavy (non-hydrogen) atoms. The number of aryl methyl sites for hydroxylation is 1. The van der Waals surface area contributed by atoms with Crippen molar-refractivity contribution in [3.05, 3.63) is 102 Å². The van der Waals surface area contributed by atoms with Gasteiger partial charge < -0.3 is 10.6 Å². The van der Waals surface area contributed by atoms with E-state index in [-0.39, 0.29) is 17.6 Å². The Morgan fingerprint density at radius 3 is 2.68 bits per heavy atom. The zero-order valence-electron chi connectivity index (χ0n) is 21.7. The lowest BCUT2D eigenvalue weighted by Gasteiger charge is -2.25. The van der Waals surface area contributed by atoms with Crippen molar-refractivity contribution >= 4 is 23.2 Å². The van der Waals surface area contributed by atoms with Crippen LogP contribution in [-0.4, -0.2) is 37.9 Å². The summed E-state index contributed by atoms with van der Waals surface area (Å²) in [5, 5.41) is 11.0. The molecule has 8 heteroatoms. The number of anilines is 2. The van der Waals surface area contributed by atoms with Gasteiger partial charge >= 0.3 is 0 Å². The van der Waals surface area contributed by atoms with Crippen LogP contribution in [0.1, 0.15) is 53.0 Å². The fourth-order valence-corrected chi connectivity index (χ4v) is 4.52. The lowest BCUT2D eigenvalue weighted by Crippen LogP contribution is -2.34. The van der Waals surface area contributed by atoms with E-state index in [0.29, 0.717) is 18.1 Å². The molecule has 0 saturated carbocycles. The van der Waals surface area contributed by atoms with E-state index in [2.05, 4.69) is 34.6 Å². The molecule has 0 spiro atoms. The maximum atomic E-state index is 13.0. The van der Waals surface area contributed by atoms with Gasteiger partial charge in [-0.2, -0.15) is 5.10 Å². The molecule has 8 nitrogen and oxygen atoms in total. The van der Waals surface area contributed by atoms with Crippen molar-refractivity contribution in [1.29, 1.82) is 0 Å². The van der Waals surface area contributed by atoms with E-state index in [9.17, 15) is 9.59 Å². The second-order valence-electron chi connectivity index (χ2n) is 9.67. The van der Waals surface area contributed by atoms with E-state index in [1.165, 1.54) is 12.2 Å². The lowest BCUT2D eigenvalue weighted by molar-refractivity contribution is -0.116. The number of nitrogens with zero attached hydrogens (tertiary/aromatic N) is 4. The molecule has 1 aliphatic heterocycles. The van der Waals surface area contributed by atoms with Gasteiger partial charge in [-0.25, -0.2) is 9.97 Å². The van der Waals surface area contributed by atoms with E-state index < -0.39 is 6.04 Å². The van der Waals surface area contributed by atoms with Crippen molar-refractivity contribution in [3.63, 3.8) is 0 Å². The van der Waals surface area contributed by atoms with Crippen molar-refractivity contribution < 1.29 is 9.59 Å². The number of carbonyl (C=O) groups excluding carboxylic acids is 2. The van der Waals surface area contributed by atoms with Crippen LogP contribution in [0.4, 0.5) is 11.6 Å². The molecular weight excluding hydrogens is 476 g/mol. The number of hydrogen-bond donors (Lipinski definition) is 2. The summed E-state index contributed by atoms with van der Waals surface area (Å²) >= 11 is 0. The average molecular weight is 507 g/mol. The molecule has 0 radical (unpaired) electrons. The van der Waals surface area contributed by atoms with Gasteiger partial charge in [-0.3, -0.25) is 14.3 Å². The molecule has 1 aliphatic rings. The van der Waals surface area contributed by atoms with Gasteiger partial charge in [-0.1, -0.05) is 36.4 Å². The first-order chi connectivity index (χ1) is 18.4. The molecule has 2 N–H and O–H groups in total. The summed E-state index contributed by atoms with van der Waals surface area (Å²) in [7, 11) is 0. The molecular formula is C30H30N6O2. The summed E-state index contributed by atoms with van der Waals surface area (Å²) in [5.74, 6) is 0.153. The highest BCUT2D eigenvalue weighted by atomic mass is 16.1. The standard InChI is InChI=1S/C30H30N6O2/c1-19(2)36-18-23(17-33-36)28-20(3)16-32-30(35-28)34-24-9-10-25-22(15-24)13-14-31-29(25)27(38)12-11-26(37)21-7-5-4-6-8-21/h4-12,15-19,29,31H,13-14H2,1-3H3,(H,32,34,35). The van der Waals surface area contributed by atoms with Crippen LogP contribution in [0.5, 0.6) is 0 Å². The second kappa shape index (κ2) is 10.9. The van der Waals surface area contributed by atoms with Crippen molar-refractivity contribution in [2.24, 2.45) is 0 Å². The minimum Gasteiger partial charge on any atom is -0.324 e. The molecule has 2 aromatic heterocycles. The summed E-state index contributed by atoms with van der Waals surface area (Å²) in [6.07, 6.45) is 9.13. The van der Waals surface area contributed by atoms with Gasteiger partial charge in [0, 0.05) is 41.8 Å². The molecule has 5 rings (SSSR count). The first-order valence-electron chi connectivity index (χ1n) is 12.7. The highest BCUT2D eigenvalue weighted by Gasteiger charge is 2.25. The summed E-state index contributed by atoms with van der Waals surface area (Å²) < 4.78 is 1.91. The minimum absolute atomic E-state index is 0.149. The molecule has 1 atom stereocenters. The maximum Gasteiger partial charge on any atom is 0.227 e. The van der Waals surface area contributed by atoms with Crippen LogP contribution >= 0.6 is 0 Å². The van der Waals surface area contributed by atoms with Gasteiger partial charge in [-0.05, 0) is 68.2 Å². The number of aromatic nitrogens is 4. The van der Waals surface area contributed by atoms with Crippen LogP contribution in [0.3, 0.4) is 0 Å². The van der Waals surface area contributed by atoms with E-state index >= 15 is 0 Å². The number of carbonyl (C=O) groups is 2.